The summed E-state index contributed by atoms with van der Waals surface area (Å²) in [6.07, 6.45) is 25.1. The summed E-state index contributed by atoms with van der Waals surface area (Å²) in [6.45, 7) is 2.29. The summed E-state index contributed by atoms with van der Waals surface area (Å²) in [4.78, 5) is 11.2. The van der Waals surface area contributed by atoms with Crippen LogP contribution in [-0.4, -0.2) is 12.1 Å². The van der Waals surface area contributed by atoms with Gasteiger partial charge in [0, 0.05) is 6.42 Å². The van der Waals surface area contributed by atoms with Gasteiger partial charge >= 0.3 is 5.97 Å². The smallest absolute Gasteiger partial charge is 0.306 e. The van der Waals surface area contributed by atoms with Crippen LogP contribution in [0.2, 0.25) is 0 Å². The fourth-order valence-corrected chi connectivity index (χ4v) is 3.72. The standard InChI is InChI=1S/C22H42O2/c1-2-3-4-5-6-7-8-9-10-11-12-13-14-15-16-18-21-19-17-20-22(23)24-21/h21H,2-20H2,1H3/t21-/m0/s1. The van der Waals surface area contributed by atoms with Gasteiger partial charge < -0.3 is 4.74 Å². The Bertz CT molecular complexity index is 288. The summed E-state index contributed by atoms with van der Waals surface area (Å²) in [7, 11) is 0. The van der Waals surface area contributed by atoms with E-state index in [2.05, 4.69) is 6.92 Å². The highest BCUT2D eigenvalue weighted by Gasteiger charge is 2.19. The van der Waals surface area contributed by atoms with Crippen LogP contribution in [0.25, 0.3) is 0 Å². The van der Waals surface area contributed by atoms with Crippen molar-refractivity contribution < 1.29 is 9.53 Å². The Hall–Kier alpha value is -0.530. The van der Waals surface area contributed by atoms with E-state index >= 15 is 0 Å². The van der Waals surface area contributed by atoms with Crippen LogP contribution in [0.4, 0.5) is 0 Å². The number of rotatable bonds is 16. The van der Waals surface area contributed by atoms with Crippen LogP contribution >= 0.6 is 0 Å². The number of carbonyl (C=O) groups excluding carboxylic acids is 1. The van der Waals surface area contributed by atoms with Gasteiger partial charge in [-0.3, -0.25) is 4.79 Å². The van der Waals surface area contributed by atoms with Gasteiger partial charge in [0.2, 0.25) is 0 Å². The summed E-state index contributed by atoms with van der Waals surface area (Å²) >= 11 is 0. The molecule has 0 aromatic rings. The molecule has 1 rings (SSSR count). The third-order valence-corrected chi connectivity index (χ3v) is 5.33. The minimum atomic E-state index is 0.0206. The molecule has 142 valence electrons. The molecule has 0 aromatic heterocycles. The Labute approximate surface area is 151 Å². The van der Waals surface area contributed by atoms with Crippen LogP contribution in [0.5, 0.6) is 0 Å². The van der Waals surface area contributed by atoms with Gasteiger partial charge in [-0.05, 0) is 25.7 Å². The molecular weight excluding hydrogens is 296 g/mol. The van der Waals surface area contributed by atoms with E-state index in [4.69, 9.17) is 4.74 Å². The summed E-state index contributed by atoms with van der Waals surface area (Å²) in [5.74, 6) is 0.0206. The quantitative estimate of drug-likeness (QED) is 0.217. The summed E-state index contributed by atoms with van der Waals surface area (Å²) in [6, 6.07) is 0. The lowest BCUT2D eigenvalue weighted by Crippen LogP contribution is -2.23. The van der Waals surface area contributed by atoms with Crippen molar-refractivity contribution in [1.29, 1.82) is 0 Å². The Balaban J connectivity index is 1.71. The van der Waals surface area contributed by atoms with Gasteiger partial charge in [0.25, 0.3) is 0 Å². The Morgan fingerprint density at radius 1 is 0.750 bits per heavy atom. The van der Waals surface area contributed by atoms with E-state index in [1.54, 1.807) is 0 Å². The molecule has 24 heavy (non-hydrogen) atoms. The van der Waals surface area contributed by atoms with E-state index in [9.17, 15) is 4.79 Å². The van der Waals surface area contributed by atoms with E-state index < -0.39 is 0 Å². The van der Waals surface area contributed by atoms with Crippen molar-refractivity contribution in [3.8, 4) is 0 Å². The van der Waals surface area contributed by atoms with E-state index in [1.165, 1.54) is 96.3 Å². The summed E-state index contributed by atoms with van der Waals surface area (Å²) in [5.41, 5.74) is 0. The fraction of sp³-hybridized carbons (Fsp3) is 0.955. The molecule has 0 spiro atoms. The van der Waals surface area contributed by atoms with Gasteiger partial charge in [0.05, 0.1) is 0 Å². The highest BCUT2D eigenvalue weighted by atomic mass is 16.5. The van der Waals surface area contributed by atoms with Crippen LogP contribution in [0, 0.1) is 0 Å². The molecule has 0 aliphatic carbocycles. The van der Waals surface area contributed by atoms with Gasteiger partial charge in [-0.2, -0.15) is 0 Å². The average molecular weight is 339 g/mol. The molecule has 1 aliphatic heterocycles. The highest BCUT2D eigenvalue weighted by Crippen LogP contribution is 2.20. The maximum Gasteiger partial charge on any atom is 0.306 e. The molecule has 0 saturated carbocycles. The van der Waals surface area contributed by atoms with Crippen LogP contribution < -0.4 is 0 Å². The molecule has 2 heteroatoms. The third-order valence-electron chi connectivity index (χ3n) is 5.33. The van der Waals surface area contributed by atoms with Crippen molar-refractivity contribution in [2.24, 2.45) is 0 Å². The van der Waals surface area contributed by atoms with Crippen LogP contribution in [0.15, 0.2) is 0 Å². The Morgan fingerprint density at radius 2 is 1.21 bits per heavy atom. The molecule has 1 aliphatic rings. The first-order valence-electron chi connectivity index (χ1n) is 11.0. The SMILES string of the molecule is CCCCCCCCCCCCCCCCC[C@H]1CCCC(=O)O1. The van der Waals surface area contributed by atoms with Crippen molar-refractivity contribution in [1.82, 2.24) is 0 Å². The number of ether oxygens (including phenoxy) is 1. The zero-order valence-electron chi connectivity index (χ0n) is 16.3. The zero-order valence-corrected chi connectivity index (χ0v) is 16.3. The lowest BCUT2D eigenvalue weighted by Gasteiger charge is -2.21. The minimum absolute atomic E-state index is 0.0206. The van der Waals surface area contributed by atoms with E-state index in [-0.39, 0.29) is 12.1 Å². The fourth-order valence-electron chi connectivity index (χ4n) is 3.72. The largest absolute Gasteiger partial charge is 0.462 e. The minimum Gasteiger partial charge on any atom is -0.462 e. The van der Waals surface area contributed by atoms with E-state index in [0.29, 0.717) is 6.42 Å². The Kier molecular flexibility index (Phi) is 14.3. The maximum atomic E-state index is 11.2. The van der Waals surface area contributed by atoms with Gasteiger partial charge in [0.15, 0.2) is 0 Å². The number of unbranched alkanes of at least 4 members (excludes halogenated alkanes) is 14. The zero-order chi connectivity index (χ0) is 17.3. The second-order valence-corrected chi connectivity index (χ2v) is 7.74. The van der Waals surface area contributed by atoms with E-state index in [0.717, 1.165) is 19.3 Å². The second kappa shape index (κ2) is 16.0. The molecule has 1 saturated heterocycles. The average Bonchev–Trinajstić information content (AvgIpc) is 2.58. The molecule has 0 radical (unpaired) electrons. The summed E-state index contributed by atoms with van der Waals surface area (Å²) < 4.78 is 5.37. The van der Waals surface area contributed by atoms with E-state index in [1.807, 2.05) is 0 Å². The van der Waals surface area contributed by atoms with Crippen molar-refractivity contribution in [3.05, 3.63) is 0 Å². The number of esters is 1. The first-order valence-corrected chi connectivity index (χ1v) is 11.0. The van der Waals surface area contributed by atoms with Crippen molar-refractivity contribution >= 4 is 5.97 Å². The number of cyclic esters (lactones) is 1. The van der Waals surface area contributed by atoms with Crippen molar-refractivity contribution in [2.75, 3.05) is 0 Å². The maximum absolute atomic E-state index is 11.2. The van der Waals surface area contributed by atoms with Crippen LogP contribution in [0.3, 0.4) is 0 Å². The third kappa shape index (κ3) is 12.8. The highest BCUT2D eigenvalue weighted by molar-refractivity contribution is 5.70. The lowest BCUT2D eigenvalue weighted by atomic mass is 10.0. The van der Waals surface area contributed by atoms with Crippen molar-refractivity contribution in [3.63, 3.8) is 0 Å². The van der Waals surface area contributed by atoms with Gasteiger partial charge in [-0.25, -0.2) is 0 Å². The molecule has 1 fully saturated rings. The number of hydrogen-bond donors (Lipinski definition) is 0. The Morgan fingerprint density at radius 3 is 1.67 bits per heavy atom. The first kappa shape index (κ1) is 21.5. The number of carbonyl (C=O) groups is 1. The number of hydrogen-bond acceptors (Lipinski definition) is 2. The predicted molar refractivity (Wildman–Crippen MR) is 103 cm³/mol. The monoisotopic (exact) mass is 338 g/mol. The molecule has 2 nitrogen and oxygen atoms in total. The normalized spacial score (nSPS) is 17.9. The molecule has 0 N–H and O–H groups in total. The molecule has 1 atom stereocenters. The topological polar surface area (TPSA) is 26.3 Å². The summed E-state index contributed by atoms with van der Waals surface area (Å²) in [5, 5.41) is 0. The molecule has 0 aromatic carbocycles. The van der Waals surface area contributed by atoms with Gasteiger partial charge in [-0.1, -0.05) is 96.8 Å². The molecule has 0 unspecified atom stereocenters. The molecule has 1 heterocycles. The first-order chi connectivity index (χ1) is 11.8. The molecular formula is C22H42O2. The second-order valence-electron chi connectivity index (χ2n) is 7.74. The molecule has 0 bridgehead atoms. The van der Waals surface area contributed by atoms with Crippen LogP contribution in [0.1, 0.15) is 129 Å². The van der Waals surface area contributed by atoms with Gasteiger partial charge in [0.1, 0.15) is 6.10 Å². The van der Waals surface area contributed by atoms with Crippen molar-refractivity contribution in [2.45, 2.75) is 135 Å². The molecule has 0 amide bonds. The van der Waals surface area contributed by atoms with Gasteiger partial charge in [-0.15, -0.1) is 0 Å². The predicted octanol–water partition coefficient (Wildman–Crippen LogP) is 7.34. The lowest BCUT2D eigenvalue weighted by molar-refractivity contribution is -0.154. The van der Waals surface area contributed by atoms with Crippen LogP contribution in [-0.2, 0) is 9.53 Å².